The Kier molecular flexibility index (Phi) is 6.75. The highest BCUT2D eigenvalue weighted by atomic mass is 79.9. The van der Waals surface area contributed by atoms with Gasteiger partial charge >= 0.3 is 6.18 Å². The normalized spacial score (nSPS) is 12.1. The molecule has 36 heavy (non-hydrogen) atoms. The lowest BCUT2D eigenvalue weighted by Gasteiger charge is -2.11. The van der Waals surface area contributed by atoms with Crippen LogP contribution in [-0.4, -0.2) is 36.0 Å². The summed E-state index contributed by atoms with van der Waals surface area (Å²) in [5, 5.41) is 6.61. The summed E-state index contributed by atoms with van der Waals surface area (Å²) in [6.07, 6.45) is -4.75. The Morgan fingerprint density at radius 2 is 1.78 bits per heavy atom. The van der Waals surface area contributed by atoms with Gasteiger partial charge in [-0.25, -0.2) is 17.9 Å². The van der Waals surface area contributed by atoms with Gasteiger partial charge in [0, 0.05) is 22.5 Å². The van der Waals surface area contributed by atoms with Crippen molar-refractivity contribution in [2.45, 2.75) is 22.9 Å². The van der Waals surface area contributed by atoms with Crippen LogP contribution in [0.4, 0.5) is 18.9 Å². The van der Waals surface area contributed by atoms with E-state index in [2.05, 4.69) is 31.3 Å². The number of hydrogen-bond donors (Lipinski definition) is 1. The third-order valence-corrected chi connectivity index (χ3v) is 7.71. The lowest BCUT2D eigenvalue weighted by atomic mass is 10.3. The molecule has 2 aromatic heterocycles. The van der Waals surface area contributed by atoms with Crippen molar-refractivity contribution < 1.29 is 31.1 Å². The van der Waals surface area contributed by atoms with Crippen LogP contribution in [0.5, 0.6) is 5.75 Å². The van der Waals surface area contributed by atoms with Crippen molar-refractivity contribution in [1.82, 2.24) is 14.6 Å². The molecule has 0 aliphatic heterocycles. The van der Waals surface area contributed by atoms with Crippen LogP contribution in [0.25, 0.3) is 5.65 Å². The minimum atomic E-state index is -4.75. The first-order chi connectivity index (χ1) is 16.8. The Hall–Kier alpha value is -3.16. The maximum atomic E-state index is 13.5. The van der Waals surface area contributed by atoms with Crippen molar-refractivity contribution >= 4 is 54.6 Å². The summed E-state index contributed by atoms with van der Waals surface area (Å²) < 4.78 is 72.4. The number of rotatable bonds is 5. The molecule has 0 saturated heterocycles. The Labute approximate surface area is 216 Å². The first kappa shape index (κ1) is 25.9. The highest BCUT2D eigenvalue weighted by Gasteiger charge is 2.36. The number of sulfone groups is 1. The van der Waals surface area contributed by atoms with E-state index in [-0.39, 0.29) is 42.7 Å². The Morgan fingerprint density at radius 3 is 2.39 bits per heavy atom. The minimum Gasteiger partial charge on any atom is -0.497 e. The summed E-state index contributed by atoms with van der Waals surface area (Å²) in [4.78, 5) is 16.8. The third-order valence-electron chi connectivity index (χ3n) is 4.97. The zero-order valence-corrected chi connectivity index (χ0v) is 21.5. The molecule has 0 atom stereocenters. The van der Waals surface area contributed by atoms with E-state index in [1.807, 2.05) is 0 Å². The largest absolute Gasteiger partial charge is 0.497 e. The van der Waals surface area contributed by atoms with Crippen molar-refractivity contribution in [3.8, 4) is 5.75 Å². The van der Waals surface area contributed by atoms with Gasteiger partial charge in [-0.3, -0.25) is 4.79 Å². The first-order valence-corrected chi connectivity index (χ1v) is 12.6. The Morgan fingerprint density at radius 1 is 1.11 bits per heavy atom. The second-order valence-electron chi connectivity index (χ2n) is 7.49. The van der Waals surface area contributed by atoms with E-state index in [0.29, 0.717) is 9.54 Å². The maximum Gasteiger partial charge on any atom is 0.433 e. The number of alkyl halides is 3. The number of benzene rings is 2. The van der Waals surface area contributed by atoms with Gasteiger partial charge in [-0.05, 0) is 65.3 Å². The fourth-order valence-electron chi connectivity index (χ4n) is 3.32. The highest BCUT2D eigenvalue weighted by Crippen LogP contribution is 2.33. The van der Waals surface area contributed by atoms with Crippen LogP contribution in [-0.2, 0) is 16.0 Å². The molecular formula is C22H15BrClF3N4O4S. The van der Waals surface area contributed by atoms with Crippen LogP contribution < -0.4 is 10.1 Å². The molecule has 8 nitrogen and oxygen atoms in total. The van der Waals surface area contributed by atoms with Gasteiger partial charge in [-0.2, -0.15) is 18.3 Å². The number of aryl methyl sites for hydroxylation is 1. The van der Waals surface area contributed by atoms with Gasteiger partial charge in [0.05, 0.1) is 21.4 Å². The van der Waals surface area contributed by atoms with E-state index >= 15 is 0 Å². The molecule has 0 aliphatic rings. The van der Waals surface area contributed by atoms with Crippen LogP contribution in [0.3, 0.4) is 0 Å². The number of nitrogens with zero attached hydrogens (tertiary/aromatic N) is 3. The zero-order chi connectivity index (χ0) is 26.4. The second-order valence-corrected chi connectivity index (χ2v) is 10.7. The summed E-state index contributed by atoms with van der Waals surface area (Å²) in [5.41, 5.74) is -1.61. The summed E-state index contributed by atoms with van der Waals surface area (Å²) in [7, 11) is -2.71. The zero-order valence-electron chi connectivity index (χ0n) is 18.4. The SMILES string of the molecule is COc1cc(NC(=O)c2nn3c(C(F)(F)F)cc(C)nc3c2Br)cc(S(=O)(=O)c2ccc(Cl)cc2)c1. The highest BCUT2D eigenvalue weighted by molar-refractivity contribution is 9.10. The van der Waals surface area contributed by atoms with Gasteiger partial charge in [0.2, 0.25) is 9.84 Å². The van der Waals surface area contributed by atoms with Crippen molar-refractivity contribution in [2.75, 3.05) is 12.4 Å². The molecule has 4 aromatic rings. The number of carbonyl (C=O) groups excluding carboxylic acids is 1. The minimum absolute atomic E-state index is 0.0102. The van der Waals surface area contributed by atoms with Crippen molar-refractivity contribution in [3.05, 3.63) is 75.1 Å². The molecule has 1 N–H and O–H groups in total. The van der Waals surface area contributed by atoms with Gasteiger partial charge in [-0.15, -0.1) is 0 Å². The number of carbonyl (C=O) groups is 1. The number of ether oxygens (including phenoxy) is 1. The van der Waals surface area contributed by atoms with E-state index in [0.717, 1.165) is 6.07 Å². The molecule has 0 spiro atoms. The summed E-state index contributed by atoms with van der Waals surface area (Å²) >= 11 is 8.95. The van der Waals surface area contributed by atoms with Crippen LogP contribution in [0, 0.1) is 6.92 Å². The van der Waals surface area contributed by atoms with Gasteiger partial charge < -0.3 is 10.1 Å². The molecule has 1 amide bonds. The molecule has 0 saturated carbocycles. The Bertz CT molecular complexity index is 1610. The summed E-state index contributed by atoms with van der Waals surface area (Å²) in [6, 6.07) is 10.1. The third kappa shape index (κ3) is 4.90. The average molecular weight is 604 g/mol. The number of amides is 1. The quantitative estimate of drug-likeness (QED) is 0.320. The first-order valence-electron chi connectivity index (χ1n) is 9.95. The molecule has 0 aliphatic carbocycles. The lowest BCUT2D eigenvalue weighted by molar-refractivity contribution is -0.142. The molecule has 0 fully saturated rings. The predicted octanol–water partition coefficient (Wildman–Crippen LogP) is 5.57. The fraction of sp³-hybridized carbons (Fsp3) is 0.136. The molecule has 2 aromatic carbocycles. The number of halogens is 5. The van der Waals surface area contributed by atoms with Crippen molar-refractivity contribution in [3.63, 3.8) is 0 Å². The number of nitrogens with one attached hydrogen (secondary N) is 1. The smallest absolute Gasteiger partial charge is 0.433 e. The van der Waals surface area contributed by atoms with Crippen LogP contribution in [0.1, 0.15) is 21.9 Å². The van der Waals surface area contributed by atoms with Crippen LogP contribution in [0.2, 0.25) is 5.02 Å². The van der Waals surface area contributed by atoms with Gasteiger partial charge in [0.1, 0.15) is 11.4 Å². The van der Waals surface area contributed by atoms with Gasteiger partial charge in [0.25, 0.3) is 5.91 Å². The molecule has 2 heterocycles. The van der Waals surface area contributed by atoms with E-state index in [4.69, 9.17) is 16.3 Å². The van der Waals surface area contributed by atoms with E-state index < -0.39 is 27.6 Å². The number of hydrogen-bond acceptors (Lipinski definition) is 6. The number of aromatic nitrogens is 3. The monoisotopic (exact) mass is 602 g/mol. The maximum absolute atomic E-state index is 13.5. The number of methoxy groups -OCH3 is 1. The van der Waals surface area contributed by atoms with Gasteiger partial charge in [0.15, 0.2) is 11.3 Å². The van der Waals surface area contributed by atoms with Gasteiger partial charge in [-0.1, -0.05) is 11.6 Å². The molecular weight excluding hydrogens is 589 g/mol. The molecule has 0 unspecified atom stereocenters. The Balaban J connectivity index is 1.75. The second kappa shape index (κ2) is 9.37. The molecule has 188 valence electrons. The molecule has 0 radical (unpaired) electrons. The summed E-state index contributed by atoms with van der Waals surface area (Å²) in [6.45, 7) is 1.38. The topological polar surface area (TPSA) is 103 Å². The fourth-order valence-corrected chi connectivity index (χ4v) is 5.28. The molecule has 0 bridgehead atoms. The predicted molar refractivity (Wildman–Crippen MR) is 128 cm³/mol. The van der Waals surface area contributed by atoms with Crippen molar-refractivity contribution in [2.24, 2.45) is 0 Å². The number of fused-ring (bicyclic) bond motifs is 1. The van der Waals surface area contributed by atoms with Crippen molar-refractivity contribution in [1.29, 1.82) is 0 Å². The van der Waals surface area contributed by atoms with E-state index in [1.165, 1.54) is 56.5 Å². The van der Waals surface area contributed by atoms with Crippen LogP contribution in [0.15, 0.2) is 62.8 Å². The molecule has 14 heteroatoms. The lowest BCUT2D eigenvalue weighted by Crippen LogP contribution is -2.16. The number of anilines is 1. The van der Waals surface area contributed by atoms with E-state index in [1.54, 1.807) is 0 Å². The van der Waals surface area contributed by atoms with E-state index in [9.17, 15) is 26.4 Å². The summed E-state index contributed by atoms with van der Waals surface area (Å²) in [5.74, 6) is -0.785. The average Bonchev–Trinajstić information content (AvgIpc) is 3.14. The molecule has 4 rings (SSSR count). The standard InChI is InChI=1S/C22H15BrClF3N4O4S/c1-11-7-17(22(25,26)27)31-20(28-11)18(23)19(30-31)21(32)29-13-8-14(35-2)10-16(9-13)36(33,34)15-5-3-12(24)4-6-15/h3-10H,1-2H3,(H,29,32). The van der Waals surface area contributed by atoms with Crippen LogP contribution >= 0.6 is 27.5 Å².